The van der Waals surface area contributed by atoms with Gasteiger partial charge in [0.05, 0.1) is 89.2 Å². The topological polar surface area (TPSA) is 162 Å². The molecule has 1 saturated heterocycles. The lowest BCUT2D eigenvalue weighted by Crippen LogP contribution is -2.41. The van der Waals surface area contributed by atoms with Crippen molar-refractivity contribution in [2.24, 2.45) is 0 Å². The highest BCUT2D eigenvalue weighted by Gasteiger charge is 2.44. The van der Waals surface area contributed by atoms with Gasteiger partial charge < -0.3 is 18.7 Å². The molecule has 0 bridgehead atoms. The SMILES string of the molecule is CN1/C(=C/C=C2\CCCC(/C=C/C3=[N+](C)c4ccc(S(=O)(=O)NCC[N+](C)(C)C)cc4C3(C)C)=C2Sc2ccc(C(=O)ON3C(=O)CCC3=O)cc2)C(C)(C)c2cc(S(=O)(=O)NCC[N+](C)(C)C)ccc21. The Balaban J connectivity index is 1.22. The summed E-state index contributed by atoms with van der Waals surface area (Å²) < 4.78 is 62.9. The maximum Gasteiger partial charge on any atom is 0.363 e. The van der Waals surface area contributed by atoms with Crippen molar-refractivity contribution < 1.29 is 49.6 Å². The fourth-order valence-corrected chi connectivity index (χ4v) is 12.6. The van der Waals surface area contributed by atoms with Crippen molar-refractivity contribution in [3.05, 3.63) is 123 Å². The summed E-state index contributed by atoms with van der Waals surface area (Å²) in [7, 11) is 8.65. The number of rotatable bonds is 17. The van der Waals surface area contributed by atoms with Crippen LogP contribution in [0.25, 0.3) is 0 Å². The summed E-state index contributed by atoms with van der Waals surface area (Å²) in [6, 6.07) is 17.6. The van der Waals surface area contributed by atoms with Crippen LogP contribution in [-0.2, 0) is 45.3 Å². The first-order valence-electron chi connectivity index (χ1n) is 23.9. The number of anilines is 1. The van der Waals surface area contributed by atoms with E-state index >= 15 is 0 Å². The molecule has 1 aliphatic carbocycles. The number of benzene rings is 3. The number of nitrogens with zero attached hydrogens (tertiary/aromatic N) is 5. The number of nitrogens with one attached hydrogen (secondary N) is 2. The van der Waals surface area contributed by atoms with E-state index in [0.717, 1.165) is 74.1 Å². The van der Waals surface area contributed by atoms with E-state index in [1.54, 1.807) is 48.2 Å². The average Bonchev–Trinajstić information content (AvgIpc) is 3.77. The van der Waals surface area contributed by atoms with E-state index in [9.17, 15) is 31.2 Å². The van der Waals surface area contributed by atoms with Crippen LogP contribution in [0.3, 0.4) is 0 Å². The summed E-state index contributed by atoms with van der Waals surface area (Å²) in [5, 5.41) is 0.544. The summed E-state index contributed by atoms with van der Waals surface area (Å²) >= 11 is 1.57. The van der Waals surface area contributed by atoms with E-state index < -0.39 is 48.7 Å². The lowest BCUT2D eigenvalue weighted by atomic mass is 9.81. The van der Waals surface area contributed by atoms with Crippen molar-refractivity contribution in [2.75, 3.05) is 87.5 Å². The van der Waals surface area contributed by atoms with E-state index in [2.05, 4.69) is 70.9 Å². The van der Waals surface area contributed by atoms with Crippen LogP contribution < -0.4 is 14.3 Å². The summed E-state index contributed by atoms with van der Waals surface area (Å²) in [6.45, 7) is 10.4. The minimum atomic E-state index is -3.74. The average molecular weight is 1030 g/mol. The van der Waals surface area contributed by atoms with Gasteiger partial charge in [0.15, 0.2) is 5.71 Å². The van der Waals surface area contributed by atoms with Crippen LogP contribution in [0.15, 0.2) is 121 Å². The number of imide groups is 1. The van der Waals surface area contributed by atoms with E-state index in [4.69, 9.17) is 4.84 Å². The normalized spacial score (nSPS) is 19.5. The number of hydroxylamine groups is 2. The Kier molecular flexibility index (Phi) is 15.1. The van der Waals surface area contributed by atoms with Gasteiger partial charge in [-0.1, -0.05) is 37.8 Å². The second-order valence-electron chi connectivity index (χ2n) is 21.8. The summed E-state index contributed by atoms with van der Waals surface area (Å²) in [5.74, 6) is -1.90. The molecule has 1 fully saturated rings. The molecule has 0 saturated carbocycles. The van der Waals surface area contributed by atoms with Gasteiger partial charge in [-0.3, -0.25) is 9.59 Å². The van der Waals surface area contributed by atoms with Gasteiger partial charge in [0, 0.05) is 64.2 Å². The van der Waals surface area contributed by atoms with Crippen LogP contribution in [0.2, 0.25) is 0 Å². The number of carbonyl (C=O) groups is 3. The monoisotopic (exact) mass is 1030 g/mol. The molecule has 4 aliphatic rings. The first-order valence-corrected chi connectivity index (χ1v) is 27.7. The summed E-state index contributed by atoms with van der Waals surface area (Å²) in [5.41, 5.74) is 7.03. The number of fused-ring (bicyclic) bond motifs is 2. The fourth-order valence-electron chi connectivity index (χ4n) is 9.44. The number of amides is 2. The quantitative estimate of drug-likeness (QED) is 0.0827. The van der Waals surface area contributed by atoms with Gasteiger partial charge in [-0.25, -0.2) is 31.1 Å². The predicted octanol–water partition coefficient (Wildman–Crippen LogP) is 6.91. The van der Waals surface area contributed by atoms with Gasteiger partial charge in [0.1, 0.15) is 7.05 Å². The van der Waals surface area contributed by atoms with Crippen molar-refractivity contribution in [2.45, 2.75) is 85.3 Å². The first-order chi connectivity index (χ1) is 33.0. The van der Waals surface area contributed by atoms with Gasteiger partial charge >= 0.3 is 5.97 Å². The van der Waals surface area contributed by atoms with Crippen LogP contribution in [0.1, 0.15) is 81.3 Å². The highest BCUT2D eigenvalue weighted by atomic mass is 32.2. The maximum absolute atomic E-state index is 13.5. The van der Waals surface area contributed by atoms with Crippen molar-refractivity contribution >= 4 is 66.7 Å². The molecule has 71 heavy (non-hydrogen) atoms. The lowest BCUT2D eigenvalue weighted by molar-refractivity contribution is -0.869. The third-order valence-electron chi connectivity index (χ3n) is 13.6. The number of sulfonamides is 2. The zero-order chi connectivity index (χ0) is 52.1. The van der Waals surface area contributed by atoms with Crippen molar-refractivity contribution in [1.29, 1.82) is 0 Å². The van der Waals surface area contributed by atoms with Gasteiger partial charge in [-0.15, -0.1) is 5.06 Å². The molecule has 0 radical (unpaired) electrons. The minimum absolute atomic E-state index is 0.00190. The van der Waals surface area contributed by atoms with E-state index in [1.807, 2.05) is 80.6 Å². The largest absolute Gasteiger partial charge is 0.363 e. The molecule has 3 heterocycles. The summed E-state index contributed by atoms with van der Waals surface area (Å²) in [4.78, 5) is 47.0. The lowest BCUT2D eigenvalue weighted by Gasteiger charge is -2.25. The van der Waals surface area contributed by atoms with E-state index in [1.165, 1.54) is 0 Å². The molecule has 18 heteroatoms. The molecule has 2 amide bonds. The Bertz CT molecular complexity index is 3030. The minimum Gasteiger partial charge on any atom is -0.347 e. The molecular formula is C53H70N7O8S3+3. The molecule has 3 aromatic carbocycles. The standard InChI is InChI=1S/C53H70N7O8S3/c1-52(2)42-34-40(70(64,65)54-30-32-59(7,8)9)22-24-44(42)56(5)46(52)26-18-36-14-13-15-37(50(36)69-39-20-16-38(17-21-39)51(63)68-58-48(61)28-29-49(58)62)19-27-47-53(3,4)43-35-41(23-25-45(43)57(47)6)71(66,67)55-31-33-60(10,11)12/h16-27,34-35,54-55H,13-15,28-33H2,1-12H3/q+3. The number of thioether (sulfide) groups is 1. The Hall–Kier alpha value is -5.21. The van der Waals surface area contributed by atoms with Crippen molar-refractivity contribution in [3.63, 3.8) is 0 Å². The third kappa shape index (κ3) is 11.7. The Morgan fingerprint density at radius 1 is 0.746 bits per heavy atom. The predicted molar refractivity (Wildman–Crippen MR) is 279 cm³/mol. The Morgan fingerprint density at radius 3 is 1.89 bits per heavy atom. The summed E-state index contributed by atoms with van der Waals surface area (Å²) in [6.07, 6.45) is 11.1. The number of quaternary nitrogens is 2. The van der Waals surface area contributed by atoms with Gasteiger partial charge in [-0.05, 0) is 110 Å². The number of allylic oxidation sites excluding steroid dienone is 7. The van der Waals surface area contributed by atoms with Crippen LogP contribution in [-0.4, -0.2) is 141 Å². The zero-order valence-corrected chi connectivity index (χ0v) is 45.6. The molecule has 7 rings (SSSR count). The molecule has 2 N–H and O–H groups in total. The van der Waals surface area contributed by atoms with Crippen LogP contribution >= 0.6 is 11.8 Å². The van der Waals surface area contributed by atoms with Crippen molar-refractivity contribution in [3.8, 4) is 0 Å². The number of carbonyl (C=O) groups excluding carboxylic acids is 3. The Labute approximate surface area is 424 Å². The molecule has 0 atom stereocenters. The highest BCUT2D eigenvalue weighted by Crippen LogP contribution is 2.49. The number of likely N-dealkylation sites (N-methyl/N-ethyl adjacent to an activating group) is 3. The third-order valence-corrected chi connectivity index (χ3v) is 17.8. The second kappa shape index (κ2) is 20.0. The van der Waals surface area contributed by atoms with E-state index in [0.29, 0.717) is 40.2 Å². The highest BCUT2D eigenvalue weighted by molar-refractivity contribution is 8.03. The smallest absolute Gasteiger partial charge is 0.347 e. The maximum atomic E-state index is 13.5. The molecule has 0 aromatic heterocycles. The van der Waals surface area contributed by atoms with Gasteiger partial charge in [0.25, 0.3) is 11.8 Å². The molecule has 15 nitrogen and oxygen atoms in total. The van der Waals surface area contributed by atoms with Gasteiger partial charge in [-0.2, -0.15) is 4.58 Å². The molecule has 380 valence electrons. The Morgan fingerprint density at radius 2 is 1.31 bits per heavy atom. The van der Waals surface area contributed by atoms with Crippen LogP contribution in [0.4, 0.5) is 11.4 Å². The van der Waals surface area contributed by atoms with Gasteiger partial charge in [0.2, 0.25) is 25.7 Å². The number of hydrogen-bond donors (Lipinski definition) is 2. The second-order valence-corrected chi connectivity index (χ2v) is 26.4. The molecule has 3 aliphatic heterocycles. The first kappa shape index (κ1) is 53.6. The van der Waals surface area contributed by atoms with Crippen molar-refractivity contribution in [1.82, 2.24) is 14.5 Å². The van der Waals surface area contributed by atoms with E-state index in [-0.39, 0.29) is 28.2 Å². The molecular weight excluding hydrogens is 959 g/mol. The fraction of sp³-hybridized carbons (Fsp3) is 0.434. The zero-order valence-electron chi connectivity index (χ0n) is 43.2. The van der Waals surface area contributed by atoms with Crippen LogP contribution in [0.5, 0.6) is 0 Å². The number of hydrogen-bond acceptors (Lipinski definition) is 10. The molecule has 0 spiro atoms. The molecule has 3 aromatic rings. The van der Waals surface area contributed by atoms with Crippen LogP contribution in [0, 0.1) is 0 Å². The molecule has 0 unspecified atom stereocenters.